The molecule has 0 aliphatic carbocycles. The average Bonchev–Trinajstić information content (AvgIpc) is 3.11. The van der Waals surface area contributed by atoms with Crippen molar-refractivity contribution < 1.29 is 9.53 Å². The molecule has 1 fully saturated rings. The Morgan fingerprint density at radius 2 is 2.04 bits per heavy atom. The number of aromatic nitrogens is 3. The van der Waals surface area contributed by atoms with Crippen LogP contribution in [0, 0.1) is 0 Å². The SMILES string of the molecule is O=C1NC2(CCOCC2)Nc2cc(Nc3ncnc4[nH]ccc34)cc(Cl)c21. The molecule has 1 aromatic carbocycles. The molecule has 8 nitrogen and oxygen atoms in total. The highest BCUT2D eigenvalue weighted by atomic mass is 35.5. The highest BCUT2D eigenvalue weighted by Crippen LogP contribution is 2.37. The van der Waals surface area contributed by atoms with E-state index in [1.807, 2.05) is 18.3 Å². The molecule has 1 spiro atoms. The lowest BCUT2D eigenvalue weighted by molar-refractivity contribution is 0.0436. The molecule has 9 heteroatoms. The van der Waals surface area contributed by atoms with Gasteiger partial charge in [-0.15, -0.1) is 0 Å². The number of carbonyl (C=O) groups is 1. The van der Waals surface area contributed by atoms with E-state index >= 15 is 0 Å². The van der Waals surface area contributed by atoms with Crippen LogP contribution in [0.5, 0.6) is 0 Å². The van der Waals surface area contributed by atoms with Crippen LogP contribution in [-0.2, 0) is 4.74 Å². The second-order valence-corrected chi connectivity index (χ2v) is 7.15. The normalized spacial score (nSPS) is 18.0. The van der Waals surface area contributed by atoms with E-state index in [0.29, 0.717) is 48.1 Å². The minimum atomic E-state index is -0.493. The highest BCUT2D eigenvalue weighted by Gasteiger charge is 2.39. The number of amides is 1. The molecule has 4 N–H and O–H groups in total. The highest BCUT2D eigenvalue weighted by molar-refractivity contribution is 6.35. The number of halogens is 1. The molecule has 27 heavy (non-hydrogen) atoms. The molecule has 2 aliphatic rings. The molecular weight excluding hydrogens is 368 g/mol. The first-order chi connectivity index (χ1) is 13.1. The van der Waals surface area contributed by atoms with Crippen molar-refractivity contribution in [2.45, 2.75) is 18.5 Å². The Morgan fingerprint density at radius 1 is 1.19 bits per heavy atom. The van der Waals surface area contributed by atoms with Gasteiger partial charge in [0, 0.05) is 24.7 Å². The van der Waals surface area contributed by atoms with E-state index in [1.54, 1.807) is 6.07 Å². The average molecular weight is 385 g/mol. The Bertz CT molecular complexity index is 1040. The number of ether oxygens (including phenoxy) is 1. The number of anilines is 3. The van der Waals surface area contributed by atoms with E-state index < -0.39 is 5.66 Å². The molecule has 0 saturated carbocycles. The van der Waals surface area contributed by atoms with Crippen LogP contribution in [0.1, 0.15) is 23.2 Å². The molecule has 138 valence electrons. The van der Waals surface area contributed by atoms with Crippen molar-refractivity contribution in [2.75, 3.05) is 23.8 Å². The fraction of sp³-hybridized carbons (Fsp3) is 0.278. The smallest absolute Gasteiger partial charge is 0.256 e. The predicted molar refractivity (Wildman–Crippen MR) is 102 cm³/mol. The van der Waals surface area contributed by atoms with Gasteiger partial charge >= 0.3 is 0 Å². The van der Waals surface area contributed by atoms with E-state index in [1.165, 1.54) is 6.33 Å². The lowest BCUT2D eigenvalue weighted by Crippen LogP contribution is -2.60. The summed E-state index contributed by atoms with van der Waals surface area (Å²) in [5, 5.41) is 11.1. The second-order valence-electron chi connectivity index (χ2n) is 6.74. The van der Waals surface area contributed by atoms with Crippen molar-refractivity contribution in [1.82, 2.24) is 20.3 Å². The number of fused-ring (bicyclic) bond motifs is 2. The fourth-order valence-electron chi connectivity index (χ4n) is 3.66. The Labute approximate surface area is 159 Å². The molecule has 2 aromatic heterocycles. The summed E-state index contributed by atoms with van der Waals surface area (Å²) in [5.41, 5.74) is 2.15. The summed E-state index contributed by atoms with van der Waals surface area (Å²) in [6, 6.07) is 5.52. The number of hydrogen-bond donors (Lipinski definition) is 4. The second kappa shape index (κ2) is 6.11. The number of hydrogen-bond acceptors (Lipinski definition) is 6. The quantitative estimate of drug-likeness (QED) is 0.541. The van der Waals surface area contributed by atoms with Crippen LogP contribution >= 0.6 is 11.6 Å². The number of carbonyl (C=O) groups excluding carboxylic acids is 1. The minimum Gasteiger partial charge on any atom is -0.381 e. The molecule has 2 aliphatic heterocycles. The summed E-state index contributed by atoms with van der Waals surface area (Å²) in [5.74, 6) is 0.496. The Kier molecular flexibility index (Phi) is 3.70. The molecule has 0 atom stereocenters. The molecule has 1 amide bonds. The van der Waals surface area contributed by atoms with Gasteiger partial charge in [-0.1, -0.05) is 11.6 Å². The summed E-state index contributed by atoms with van der Waals surface area (Å²) < 4.78 is 5.43. The first kappa shape index (κ1) is 16.3. The molecule has 0 unspecified atom stereocenters. The maximum atomic E-state index is 12.7. The Morgan fingerprint density at radius 3 is 2.89 bits per heavy atom. The number of aromatic amines is 1. The standard InChI is InChI=1S/C18H17ClN6O2/c19-12-7-10(23-16-11-1-4-20-15(11)21-9-22-16)8-13-14(12)17(26)25-18(24-13)2-5-27-6-3-18/h1,4,7-9,24H,2-3,5-6H2,(H,25,26)(H2,20,21,22,23). The van der Waals surface area contributed by atoms with Gasteiger partial charge in [-0.25, -0.2) is 9.97 Å². The van der Waals surface area contributed by atoms with Crippen LogP contribution in [0.15, 0.2) is 30.7 Å². The summed E-state index contributed by atoms with van der Waals surface area (Å²) in [7, 11) is 0. The van der Waals surface area contributed by atoms with Crippen LogP contribution in [-0.4, -0.2) is 39.7 Å². The van der Waals surface area contributed by atoms with Gasteiger partial charge in [0.1, 0.15) is 23.5 Å². The van der Waals surface area contributed by atoms with Crippen LogP contribution in [0.2, 0.25) is 5.02 Å². The van der Waals surface area contributed by atoms with Crippen LogP contribution in [0.3, 0.4) is 0 Å². The third kappa shape index (κ3) is 2.77. The first-order valence-electron chi connectivity index (χ1n) is 8.71. The molecular formula is C18H17ClN6O2. The zero-order valence-electron chi connectivity index (χ0n) is 14.3. The van der Waals surface area contributed by atoms with Crippen molar-refractivity contribution in [2.24, 2.45) is 0 Å². The number of benzene rings is 1. The molecule has 5 rings (SSSR count). The molecule has 0 bridgehead atoms. The minimum absolute atomic E-state index is 0.169. The van der Waals surface area contributed by atoms with E-state index in [4.69, 9.17) is 16.3 Å². The first-order valence-corrected chi connectivity index (χ1v) is 9.08. The Hall–Kier alpha value is -2.84. The zero-order valence-corrected chi connectivity index (χ0v) is 15.1. The third-order valence-corrected chi connectivity index (χ3v) is 5.31. The van der Waals surface area contributed by atoms with Gasteiger partial charge in [0.15, 0.2) is 0 Å². The Balaban J connectivity index is 1.53. The van der Waals surface area contributed by atoms with Crippen molar-refractivity contribution in [3.8, 4) is 0 Å². The summed E-state index contributed by atoms with van der Waals surface area (Å²) in [6.07, 6.45) is 4.70. The topological polar surface area (TPSA) is 104 Å². The van der Waals surface area contributed by atoms with Crippen molar-refractivity contribution >= 4 is 45.7 Å². The van der Waals surface area contributed by atoms with Crippen LogP contribution in [0.25, 0.3) is 11.0 Å². The van der Waals surface area contributed by atoms with E-state index in [0.717, 1.165) is 16.7 Å². The number of nitrogens with one attached hydrogen (secondary N) is 4. The van der Waals surface area contributed by atoms with Gasteiger partial charge in [0.25, 0.3) is 5.91 Å². The molecule has 1 saturated heterocycles. The van der Waals surface area contributed by atoms with E-state index in [2.05, 4.69) is 30.9 Å². The number of H-pyrrole nitrogens is 1. The molecule has 4 heterocycles. The maximum Gasteiger partial charge on any atom is 0.256 e. The largest absolute Gasteiger partial charge is 0.381 e. The summed E-state index contributed by atoms with van der Waals surface area (Å²) in [4.78, 5) is 24.2. The van der Waals surface area contributed by atoms with Gasteiger partial charge in [-0.3, -0.25) is 4.79 Å². The lowest BCUT2D eigenvalue weighted by Gasteiger charge is -2.43. The predicted octanol–water partition coefficient (Wildman–Crippen LogP) is 3.02. The maximum absolute atomic E-state index is 12.7. The van der Waals surface area contributed by atoms with Crippen molar-refractivity contribution in [3.05, 3.63) is 41.3 Å². The van der Waals surface area contributed by atoms with E-state index in [9.17, 15) is 4.79 Å². The van der Waals surface area contributed by atoms with E-state index in [-0.39, 0.29) is 5.91 Å². The van der Waals surface area contributed by atoms with Crippen LogP contribution in [0.4, 0.5) is 17.2 Å². The van der Waals surface area contributed by atoms with Crippen molar-refractivity contribution in [1.29, 1.82) is 0 Å². The fourth-order valence-corrected chi connectivity index (χ4v) is 3.96. The van der Waals surface area contributed by atoms with Gasteiger partial charge in [0.05, 0.1) is 34.9 Å². The van der Waals surface area contributed by atoms with Gasteiger partial charge in [-0.05, 0) is 18.2 Å². The lowest BCUT2D eigenvalue weighted by atomic mass is 9.94. The van der Waals surface area contributed by atoms with Crippen molar-refractivity contribution in [3.63, 3.8) is 0 Å². The van der Waals surface area contributed by atoms with Gasteiger partial charge in [-0.2, -0.15) is 0 Å². The summed E-state index contributed by atoms with van der Waals surface area (Å²) in [6.45, 7) is 1.20. The molecule has 0 radical (unpaired) electrons. The third-order valence-electron chi connectivity index (χ3n) is 5.01. The number of rotatable bonds is 2. The zero-order chi connectivity index (χ0) is 18.4. The van der Waals surface area contributed by atoms with Gasteiger partial charge in [0.2, 0.25) is 0 Å². The van der Waals surface area contributed by atoms with Gasteiger partial charge < -0.3 is 25.7 Å². The van der Waals surface area contributed by atoms with Crippen LogP contribution < -0.4 is 16.0 Å². The number of nitrogens with zero attached hydrogens (tertiary/aromatic N) is 2. The monoisotopic (exact) mass is 384 g/mol. The summed E-state index contributed by atoms with van der Waals surface area (Å²) >= 11 is 6.43. The molecule has 3 aromatic rings.